The molecule has 4 heterocycles. The van der Waals surface area contributed by atoms with Crippen LogP contribution in [0.25, 0.3) is 11.0 Å². The van der Waals surface area contributed by atoms with Crippen LogP contribution < -0.4 is 9.80 Å². The van der Waals surface area contributed by atoms with E-state index in [1.54, 1.807) is 10.9 Å². The monoisotopic (exact) mass is 408 g/mol. The van der Waals surface area contributed by atoms with Crippen LogP contribution in [0.1, 0.15) is 30.0 Å². The van der Waals surface area contributed by atoms with Crippen LogP contribution >= 0.6 is 0 Å². The largest absolute Gasteiger partial charge is 0.357 e. The van der Waals surface area contributed by atoms with Crippen molar-refractivity contribution in [2.24, 2.45) is 7.05 Å². The van der Waals surface area contributed by atoms with E-state index in [2.05, 4.69) is 43.7 Å². The Labute approximate surface area is 176 Å². The Balaban J connectivity index is 1.45. The smallest absolute Gasteiger partial charge is 0.255 e. The average molecular weight is 409 g/mol. The van der Waals surface area contributed by atoms with Gasteiger partial charge in [-0.1, -0.05) is 0 Å². The minimum absolute atomic E-state index is 0.0265. The average Bonchev–Trinajstić information content (AvgIpc) is 3.15. The van der Waals surface area contributed by atoms with Crippen molar-refractivity contribution in [3.05, 3.63) is 35.9 Å². The van der Waals surface area contributed by atoms with Crippen molar-refractivity contribution in [3.8, 4) is 0 Å². The highest BCUT2D eigenvalue weighted by molar-refractivity contribution is 5.94. The number of aryl methyl sites for hydroxylation is 2. The summed E-state index contributed by atoms with van der Waals surface area (Å²) in [5, 5.41) is 5.26. The molecule has 0 N–H and O–H groups in total. The second kappa shape index (κ2) is 8.25. The maximum atomic E-state index is 12.9. The first-order valence-corrected chi connectivity index (χ1v) is 10.4. The van der Waals surface area contributed by atoms with E-state index in [0.29, 0.717) is 18.7 Å². The number of fused-ring (bicyclic) bond motifs is 1. The van der Waals surface area contributed by atoms with Gasteiger partial charge in [0.2, 0.25) is 0 Å². The Hall–Kier alpha value is -3.23. The molecule has 1 saturated heterocycles. The maximum absolute atomic E-state index is 12.9. The molecule has 158 valence electrons. The summed E-state index contributed by atoms with van der Waals surface area (Å²) in [6.45, 7) is 10.6. The number of carbonyl (C=O) groups is 1. The van der Waals surface area contributed by atoms with Crippen LogP contribution in [0.4, 0.5) is 11.6 Å². The Morgan fingerprint density at radius 3 is 2.43 bits per heavy atom. The lowest BCUT2D eigenvalue weighted by molar-refractivity contribution is 0.0746. The van der Waals surface area contributed by atoms with Crippen LogP contribution in [0.3, 0.4) is 0 Å². The van der Waals surface area contributed by atoms with Gasteiger partial charge in [-0.2, -0.15) is 5.10 Å². The molecule has 0 bridgehead atoms. The van der Waals surface area contributed by atoms with Crippen molar-refractivity contribution in [1.29, 1.82) is 0 Å². The van der Waals surface area contributed by atoms with E-state index in [1.807, 2.05) is 37.2 Å². The fourth-order valence-corrected chi connectivity index (χ4v) is 3.91. The normalized spacial score (nSPS) is 14.4. The van der Waals surface area contributed by atoms with Crippen LogP contribution in [-0.2, 0) is 7.05 Å². The number of anilines is 2. The summed E-state index contributed by atoms with van der Waals surface area (Å²) in [6, 6.07) is 3.81. The lowest BCUT2D eigenvalue weighted by Gasteiger charge is -2.35. The lowest BCUT2D eigenvalue weighted by atomic mass is 10.2. The van der Waals surface area contributed by atoms with Gasteiger partial charge >= 0.3 is 0 Å². The number of pyridine rings is 1. The van der Waals surface area contributed by atoms with Gasteiger partial charge in [0.05, 0.1) is 17.1 Å². The van der Waals surface area contributed by atoms with Gasteiger partial charge < -0.3 is 14.7 Å². The molecule has 3 aromatic heterocycles. The number of aromatic nitrogens is 5. The Morgan fingerprint density at radius 1 is 1.07 bits per heavy atom. The number of rotatable bonds is 5. The van der Waals surface area contributed by atoms with Crippen molar-refractivity contribution in [2.45, 2.75) is 20.8 Å². The molecule has 0 spiro atoms. The molecule has 0 unspecified atom stereocenters. The molecule has 9 nitrogen and oxygen atoms in total. The summed E-state index contributed by atoms with van der Waals surface area (Å²) >= 11 is 0. The first-order valence-electron chi connectivity index (χ1n) is 10.4. The summed E-state index contributed by atoms with van der Waals surface area (Å²) in [5.74, 6) is 2.54. The third kappa shape index (κ3) is 3.67. The Morgan fingerprint density at radius 2 is 1.80 bits per heavy atom. The number of hydrogen-bond acceptors (Lipinski definition) is 7. The van der Waals surface area contributed by atoms with Crippen LogP contribution in [0.5, 0.6) is 0 Å². The van der Waals surface area contributed by atoms with E-state index in [4.69, 9.17) is 0 Å². The molecule has 0 radical (unpaired) electrons. The number of amides is 1. The Bertz CT molecular complexity index is 1030. The quantitative estimate of drug-likeness (QED) is 0.637. The first-order chi connectivity index (χ1) is 14.5. The van der Waals surface area contributed by atoms with Crippen molar-refractivity contribution in [3.63, 3.8) is 0 Å². The van der Waals surface area contributed by atoms with E-state index < -0.39 is 0 Å². The molecular formula is C21H28N8O. The van der Waals surface area contributed by atoms with Gasteiger partial charge in [-0.3, -0.25) is 9.48 Å². The van der Waals surface area contributed by atoms with E-state index >= 15 is 0 Å². The van der Waals surface area contributed by atoms with Gasteiger partial charge in [0.15, 0.2) is 5.65 Å². The molecule has 3 aromatic rings. The second-order valence-electron chi connectivity index (χ2n) is 7.46. The fourth-order valence-electron chi connectivity index (χ4n) is 3.91. The molecule has 0 atom stereocenters. The van der Waals surface area contributed by atoms with E-state index in [0.717, 1.165) is 54.7 Å². The molecule has 1 fully saturated rings. The van der Waals surface area contributed by atoms with Crippen LogP contribution in [-0.4, -0.2) is 74.8 Å². The zero-order chi connectivity index (χ0) is 21.3. The standard InChI is InChI=1S/C21H28N8O/c1-5-27(6-2)18-8-7-16(13-22-18)21(30)29-11-9-28(10-12-29)20-17-14-23-26(4)19(17)24-15(3)25-20/h7-8,13-14H,5-6,9-12H2,1-4H3. The molecule has 9 heteroatoms. The SMILES string of the molecule is CCN(CC)c1ccc(C(=O)N2CCN(c3nc(C)nc4c3cnn4C)CC2)cn1. The third-order valence-electron chi connectivity index (χ3n) is 5.63. The minimum Gasteiger partial charge on any atom is -0.357 e. The highest BCUT2D eigenvalue weighted by Gasteiger charge is 2.25. The highest BCUT2D eigenvalue weighted by Crippen LogP contribution is 2.24. The van der Waals surface area contributed by atoms with Gasteiger partial charge in [-0.05, 0) is 32.9 Å². The molecule has 4 rings (SSSR count). The highest BCUT2D eigenvalue weighted by atomic mass is 16.2. The van der Waals surface area contributed by atoms with Crippen molar-refractivity contribution in [1.82, 2.24) is 29.6 Å². The summed E-state index contributed by atoms with van der Waals surface area (Å²) in [4.78, 5) is 32.8. The van der Waals surface area contributed by atoms with Crippen LogP contribution in [0, 0.1) is 6.92 Å². The summed E-state index contributed by atoms with van der Waals surface area (Å²) in [5.41, 5.74) is 1.46. The van der Waals surface area contributed by atoms with Gasteiger partial charge in [-0.25, -0.2) is 15.0 Å². The van der Waals surface area contributed by atoms with Crippen molar-refractivity contribution >= 4 is 28.6 Å². The zero-order valence-corrected chi connectivity index (χ0v) is 18.0. The van der Waals surface area contributed by atoms with Gasteiger partial charge in [0, 0.05) is 52.5 Å². The Kier molecular flexibility index (Phi) is 5.52. The number of hydrogen-bond donors (Lipinski definition) is 0. The van der Waals surface area contributed by atoms with Crippen LogP contribution in [0.15, 0.2) is 24.5 Å². The minimum atomic E-state index is 0.0265. The third-order valence-corrected chi connectivity index (χ3v) is 5.63. The number of piperazine rings is 1. The summed E-state index contributed by atoms with van der Waals surface area (Å²) < 4.78 is 1.77. The maximum Gasteiger partial charge on any atom is 0.255 e. The molecule has 1 amide bonds. The topological polar surface area (TPSA) is 83.3 Å². The van der Waals surface area contributed by atoms with Crippen molar-refractivity contribution < 1.29 is 4.79 Å². The predicted octanol–water partition coefficient (Wildman–Crippen LogP) is 1.88. The van der Waals surface area contributed by atoms with Gasteiger partial charge in [0.25, 0.3) is 5.91 Å². The lowest BCUT2D eigenvalue weighted by Crippen LogP contribution is -2.49. The second-order valence-corrected chi connectivity index (χ2v) is 7.46. The van der Waals surface area contributed by atoms with Crippen LogP contribution in [0.2, 0.25) is 0 Å². The summed E-state index contributed by atoms with van der Waals surface area (Å²) in [7, 11) is 1.88. The number of nitrogens with zero attached hydrogens (tertiary/aromatic N) is 8. The fraction of sp³-hybridized carbons (Fsp3) is 0.476. The van der Waals surface area contributed by atoms with E-state index in [9.17, 15) is 4.79 Å². The zero-order valence-electron chi connectivity index (χ0n) is 18.0. The molecular weight excluding hydrogens is 380 g/mol. The van der Waals surface area contributed by atoms with E-state index in [1.165, 1.54) is 0 Å². The molecule has 30 heavy (non-hydrogen) atoms. The first kappa shape index (κ1) is 20.1. The molecule has 1 aliphatic rings. The summed E-state index contributed by atoms with van der Waals surface area (Å²) in [6.07, 6.45) is 3.50. The number of carbonyl (C=O) groups excluding carboxylic acids is 1. The molecule has 0 aromatic carbocycles. The van der Waals surface area contributed by atoms with Crippen molar-refractivity contribution in [2.75, 3.05) is 49.1 Å². The molecule has 1 aliphatic heterocycles. The van der Waals surface area contributed by atoms with Gasteiger partial charge in [-0.15, -0.1) is 0 Å². The van der Waals surface area contributed by atoms with Gasteiger partial charge in [0.1, 0.15) is 17.5 Å². The predicted molar refractivity (Wildman–Crippen MR) is 117 cm³/mol. The van der Waals surface area contributed by atoms with E-state index in [-0.39, 0.29) is 5.91 Å². The molecule has 0 saturated carbocycles. The molecule has 0 aliphatic carbocycles.